The first kappa shape index (κ1) is 11.7. The van der Waals surface area contributed by atoms with Crippen LogP contribution in [0.25, 0.3) is 0 Å². The summed E-state index contributed by atoms with van der Waals surface area (Å²) in [6, 6.07) is 5.20. The number of halogens is 2. The summed E-state index contributed by atoms with van der Waals surface area (Å²) in [5.74, 6) is 0.462. The number of nitrogen functional groups attached to an aromatic ring is 1. The fourth-order valence-electron chi connectivity index (χ4n) is 1.87. The van der Waals surface area contributed by atoms with Crippen molar-refractivity contribution in [3.05, 3.63) is 23.2 Å². The number of carbonyl (C=O) groups is 1. The summed E-state index contributed by atoms with van der Waals surface area (Å²) < 4.78 is 0. The van der Waals surface area contributed by atoms with Gasteiger partial charge in [0.2, 0.25) is 5.91 Å². The molecule has 1 atom stereocenters. The molecule has 1 amide bonds. The highest BCUT2D eigenvalue weighted by molar-refractivity contribution is 9.09. The molecule has 1 aliphatic rings. The van der Waals surface area contributed by atoms with Crippen LogP contribution in [0.15, 0.2) is 18.2 Å². The number of nitrogens with two attached hydrogens (primary N) is 1. The molecule has 1 aliphatic heterocycles. The summed E-state index contributed by atoms with van der Waals surface area (Å²) in [6.07, 6.45) is 0.567. The number of hydrogen-bond donors (Lipinski definition) is 1. The van der Waals surface area contributed by atoms with Gasteiger partial charge in [0.1, 0.15) is 0 Å². The fraction of sp³-hybridized carbons (Fsp3) is 0.364. The normalized spacial score (nSPS) is 20.5. The summed E-state index contributed by atoms with van der Waals surface area (Å²) in [4.78, 5) is 13.5. The molecule has 86 valence electrons. The van der Waals surface area contributed by atoms with Crippen LogP contribution in [-0.4, -0.2) is 17.8 Å². The minimum Gasteiger partial charge on any atom is -0.397 e. The lowest BCUT2D eigenvalue weighted by molar-refractivity contribution is -0.117. The fourth-order valence-corrected chi connectivity index (χ4v) is 2.47. The first-order chi connectivity index (χ1) is 7.61. The average molecular weight is 304 g/mol. The van der Waals surface area contributed by atoms with E-state index < -0.39 is 0 Å². The van der Waals surface area contributed by atoms with Gasteiger partial charge in [0.15, 0.2) is 0 Å². The molecule has 0 aliphatic carbocycles. The van der Waals surface area contributed by atoms with Crippen LogP contribution < -0.4 is 10.6 Å². The molecule has 1 fully saturated rings. The maximum absolute atomic E-state index is 11.8. The van der Waals surface area contributed by atoms with Gasteiger partial charge < -0.3 is 10.6 Å². The van der Waals surface area contributed by atoms with Crippen LogP contribution in [0.4, 0.5) is 11.4 Å². The molecule has 0 saturated carbocycles. The molecule has 0 bridgehead atoms. The van der Waals surface area contributed by atoms with E-state index in [1.165, 1.54) is 0 Å². The Kier molecular flexibility index (Phi) is 3.40. The smallest absolute Gasteiger partial charge is 0.227 e. The molecule has 16 heavy (non-hydrogen) atoms. The van der Waals surface area contributed by atoms with Crippen LogP contribution >= 0.6 is 27.5 Å². The van der Waals surface area contributed by atoms with Crippen molar-refractivity contribution in [1.29, 1.82) is 0 Å². The highest BCUT2D eigenvalue weighted by atomic mass is 79.9. The number of alkyl halides is 1. The van der Waals surface area contributed by atoms with E-state index >= 15 is 0 Å². The zero-order chi connectivity index (χ0) is 11.7. The largest absolute Gasteiger partial charge is 0.397 e. The Labute approximate surface area is 108 Å². The topological polar surface area (TPSA) is 46.3 Å². The summed E-state index contributed by atoms with van der Waals surface area (Å²) >= 11 is 9.31. The second kappa shape index (κ2) is 4.63. The molecule has 2 N–H and O–H groups in total. The van der Waals surface area contributed by atoms with Gasteiger partial charge in [-0.25, -0.2) is 0 Å². The highest BCUT2D eigenvalue weighted by Crippen LogP contribution is 2.32. The molecule has 0 spiro atoms. The predicted molar refractivity (Wildman–Crippen MR) is 70.1 cm³/mol. The number of rotatable bonds is 2. The van der Waals surface area contributed by atoms with Gasteiger partial charge >= 0.3 is 0 Å². The van der Waals surface area contributed by atoms with Gasteiger partial charge in [-0.15, -0.1) is 0 Å². The Hall–Kier alpha value is -0.740. The van der Waals surface area contributed by atoms with Crippen molar-refractivity contribution in [3.63, 3.8) is 0 Å². The van der Waals surface area contributed by atoms with Crippen molar-refractivity contribution in [2.75, 3.05) is 22.5 Å². The second-order valence-electron chi connectivity index (χ2n) is 3.93. The van der Waals surface area contributed by atoms with Crippen molar-refractivity contribution in [2.24, 2.45) is 5.92 Å². The van der Waals surface area contributed by atoms with Gasteiger partial charge in [-0.05, 0) is 24.1 Å². The van der Waals surface area contributed by atoms with Gasteiger partial charge in [-0.2, -0.15) is 0 Å². The summed E-state index contributed by atoms with van der Waals surface area (Å²) in [5, 5.41) is 1.43. The van der Waals surface area contributed by atoms with Gasteiger partial charge in [0, 0.05) is 23.3 Å². The van der Waals surface area contributed by atoms with Crippen molar-refractivity contribution in [3.8, 4) is 0 Å². The second-order valence-corrected chi connectivity index (χ2v) is 5.02. The molecule has 1 aromatic rings. The zero-order valence-corrected chi connectivity index (χ0v) is 11.0. The SMILES string of the molecule is Nc1ccc(Cl)cc1N1CC(CBr)CC1=O. The predicted octanol–water partition coefficient (Wildman–Crippen LogP) is 2.67. The van der Waals surface area contributed by atoms with Crippen LogP contribution in [0.2, 0.25) is 5.02 Å². The quantitative estimate of drug-likeness (QED) is 0.674. The number of benzene rings is 1. The summed E-state index contributed by atoms with van der Waals surface area (Å²) in [6.45, 7) is 0.703. The van der Waals surface area contributed by atoms with Gasteiger partial charge in [0.05, 0.1) is 11.4 Å². The maximum Gasteiger partial charge on any atom is 0.227 e. The van der Waals surface area contributed by atoms with Crippen LogP contribution in [0.3, 0.4) is 0 Å². The van der Waals surface area contributed by atoms with E-state index in [9.17, 15) is 4.79 Å². The van der Waals surface area contributed by atoms with Gasteiger partial charge in [-0.1, -0.05) is 27.5 Å². The molecule has 1 saturated heterocycles. The molecule has 1 heterocycles. The Morgan fingerprint density at radius 1 is 1.56 bits per heavy atom. The van der Waals surface area contributed by atoms with E-state index in [4.69, 9.17) is 17.3 Å². The molecule has 1 aromatic carbocycles. The third-order valence-corrected chi connectivity index (χ3v) is 3.86. The van der Waals surface area contributed by atoms with Crippen LogP contribution in [-0.2, 0) is 4.79 Å². The summed E-state index contributed by atoms with van der Waals surface area (Å²) in [7, 11) is 0. The maximum atomic E-state index is 11.8. The van der Waals surface area contributed by atoms with Crippen LogP contribution in [0.5, 0.6) is 0 Å². The standard InChI is InChI=1S/C11H12BrClN2O/c12-5-7-3-11(16)15(6-7)10-4-8(13)1-2-9(10)14/h1-2,4,7H,3,5-6,14H2. The molecular formula is C11H12BrClN2O. The van der Waals surface area contributed by atoms with Crippen LogP contribution in [0.1, 0.15) is 6.42 Å². The van der Waals surface area contributed by atoms with Crippen molar-refractivity contribution in [1.82, 2.24) is 0 Å². The number of anilines is 2. The molecule has 3 nitrogen and oxygen atoms in total. The van der Waals surface area contributed by atoms with Crippen molar-refractivity contribution in [2.45, 2.75) is 6.42 Å². The van der Waals surface area contributed by atoms with E-state index in [2.05, 4.69) is 15.9 Å². The molecule has 0 radical (unpaired) electrons. The lowest BCUT2D eigenvalue weighted by Crippen LogP contribution is -2.25. The number of amides is 1. The van der Waals surface area contributed by atoms with Crippen molar-refractivity contribution < 1.29 is 4.79 Å². The van der Waals surface area contributed by atoms with E-state index in [1.807, 2.05) is 0 Å². The Bertz CT molecular complexity index is 424. The van der Waals surface area contributed by atoms with E-state index in [0.29, 0.717) is 29.6 Å². The van der Waals surface area contributed by atoms with E-state index in [0.717, 1.165) is 11.0 Å². The van der Waals surface area contributed by atoms with Crippen molar-refractivity contribution >= 4 is 44.8 Å². The molecular weight excluding hydrogens is 291 g/mol. The van der Waals surface area contributed by atoms with E-state index in [1.54, 1.807) is 23.1 Å². The first-order valence-electron chi connectivity index (χ1n) is 5.03. The monoisotopic (exact) mass is 302 g/mol. The third-order valence-electron chi connectivity index (χ3n) is 2.71. The zero-order valence-electron chi connectivity index (χ0n) is 8.62. The third kappa shape index (κ3) is 2.18. The Balaban J connectivity index is 2.30. The lowest BCUT2D eigenvalue weighted by atomic mass is 10.2. The molecule has 2 rings (SSSR count). The average Bonchev–Trinajstić information content (AvgIpc) is 2.63. The van der Waals surface area contributed by atoms with E-state index in [-0.39, 0.29) is 5.91 Å². The Morgan fingerprint density at radius 3 is 2.94 bits per heavy atom. The minimum absolute atomic E-state index is 0.110. The van der Waals surface area contributed by atoms with Gasteiger partial charge in [0.25, 0.3) is 0 Å². The molecule has 1 unspecified atom stereocenters. The minimum atomic E-state index is 0.110. The Morgan fingerprint density at radius 2 is 2.31 bits per heavy atom. The number of hydrogen-bond acceptors (Lipinski definition) is 2. The molecule has 0 aromatic heterocycles. The number of carbonyl (C=O) groups excluding carboxylic acids is 1. The van der Waals surface area contributed by atoms with Crippen LogP contribution in [0, 0.1) is 5.92 Å². The summed E-state index contributed by atoms with van der Waals surface area (Å²) in [5.41, 5.74) is 7.17. The molecule has 5 heteroatoms. The number of nitrogens with zero attached hydrogens (tertiary/aromatic N) is 1. The van der Waals surface area contributed by atoms with Gasteiger partial charge in [-0.3, -0.25) is 4.79 Å². The highest BCUT2D eigenvalue weighted by Gasteiger charge is 2.30. The first-order valence-corrected chi connectivity index (χ1v) is 6.53. The lowest BCUT2D eigenvalue weighted by Gasteiger charge is -2.18.